The van der Waals surface area contributed by atoms with Crippen molar-refractivity contribution < 1.29 is 22.7 Å². The molecule has 1 unspecified atom stereocenters. The fourth-order valence-electron chi connectivity index (χ4n) is 4.03. The Bertz CT molecular complexity index is 1350. The Kier molecular flexibility index (Phi) is 10.1. The molecule has 9 nitrogen and oxygen atoms in total. The molecule has 4 rings (SSSR count). The molecule has 2 aromatic heterocycles. The number of para-hydroxylation sites is 1. The zero-order valence-electron chi connectivity index (χ0n) is 21.1. The average molecular weight is 614 g/mol. The Balaban J connectivity index is 0.00000186. The number of pyridine rings is 1. The topological polar surface area (TPSA) is 104 Å². The van der Waals surface area contributed by atoms with Crippen molar-refractivity contribution in [3.63, 3.8) is 0 Å². The van der Waals surface area contributed by atoms with Crippen molar-refractivity contribution in [2.75, 3.05) is 13.7 Å². The smallest absolute Gasteiger partial charge is 0.327 e. The van der Waals surface area contributed by atoms with Gasteiger partial charge in [0.2, 0.25) is 15.9 Å². The molecule has 2 heterocycles. The first-order valence-electron chi connectivity index (χ1n) is 12.0. The summed E-state index contributed by atoms with van der Waals surface area (Å²) in [5, 5.41) is 4.74. The van der Waals surface area contributed by atoms with Crippen molar-refractivity contribution in [1.29, 1.82) is 0 Å². The summed E-state index contributed by atoms with van der Waals surface area (Å²) in [6.45, 7) is 6.03. The van der Waals surface area contributed by atoms with Crippen molar-refractivity contribution in [3.8, 4) is 11.6 Å². The van der Waals surface area contributed by atoms with Crippen LogP contribution in [-0.2, 0) is 32.5 Å². The largest absolute Gasteiger partial charge is 0.465 e. The van der Waals surface area contributed by atoms with Gasteiger partial charge in [-0.2, -0.15) is 9.40 Å². The van der Waals surface area contributed by atoms with Gasteiger partial charge in [-0.15, -0.1) is 0 Å². The minimum absolute atomic E-state index is 0.00385. The molecule has 0 aliphatic heterocycles. The number of halogens is 2. The van der Waals surface area contributed by atoms with Crippen LogP contribution in [0.1, 0.15) is 50.9 Å². The van der Waals surface area contributed by atoms with Crippen LogP contribution >= 0.6 is 27.5 Å². The minimum atomic E-state index is -3.89. The first-order valence-corrected chi connectivity index (χ1v) is 14.6. The summed E-state index contributed by atoms with van der Waals surface area (Å²) in [5.41, 5.74) is 1.64. The van der Waals surface area contributed by atoms with Crippen molar-refractivity contribution in [1.82, 2.24) is 19.1 Å². The van der Waals surface area contributed by atoms with E-state index in [9.17, 15) is 13.2 Å². The summed E-state index contributed by atoms with van der Waals surface area (Å²) < 4.78 is 41.0. The van der Waals surface area contributed by atoms with Gasteiger partial charge in [0.05, 0.1) is 34.5 Å². The zero-order valence-corrected chi connectivity index (χ0v) is 24.3. The molecule has 37 heavy (non-hydrogen) atoms. The molecule has 0 radical (unpaired) electrons. The standard InChI is InChI=1S/C23H24BrClN4O5S.C2H6/c1-3-33-22(30)14-29-20-9-6-8-19(16(20)13-27-29)28(2)35(31,32)15-11-17(24)23(26-12-15)34-21-10-5-4-7-18(21)25;1-2/h4-5,7,10-13,19H,3,6,8-9,14H2,1-2H3;1-2H3. The summed E-state index contributed by atoms with van der Waals surface area (Å²) in [4.78, 5) is 16.2. The van der Waals surface area contributed by atoms with E-state index < -0.39 is 16.1 Å². The molecular formula is C25H30BrClN4O5S. The monoisotopic (exact) mass is 612 g/mol. The molecule has 0 fully saturated rings. The fourth-order valence-corrected chi connectivity index (χ4v) is 6.12. The van der Waals surface area contributed by atoms with E-state index in [0.717, 1.165) is 17.7 Å². The Morgan fingerprint density at radius 1 is 1.27 bits per heavy atom. The van der Waals surface area contributed by atoms with E-state index >= 15 is 0 Å². The fraction of sp³-hybridized carbons (Fsp3) is 0.400. The van der Waals surface area contributed by atoms with Crippen LogP contribution in [0.5, 0.6) is 11.6 Å². The lowest BCUT2D eigenvalue weighted by Gasteiger charge is -2.30. The quantitative estimate of drug-likeness (QED) is 0.297. The highest BCUT2D eigenvalue weighted by molar-refractivity contribution is 9.10. The molecule has 1 aliphatic rings. The summed E-state index contributed by atoms with van der Waals surface area (Å²) in [6.07, 6.45) is 5.00. The van der Waals surface area contributed by atoms with Crippen molar-refractivity contribution >= 4 is 43.5 Å². The van der Waals surface area contributed by atoms with Crippen molar-refractivity contribution in [2.24, 2.45) is 0 Å². The van der Waals surface area contributed by atoms with Gasteiger partial charge >= 0.3 is 5.97 Å². The highest BCUT2D eigenvalue weighted by atomic mass is 79.9. The van der Waals surface area contributed by atoms with Gasteiger partial charge in [-0.3, -0.25) is 9.48 Å². The molecule has 3 aromatic rings. The number of hydrogen-bond acceptors (Lipinski definition) is 7. The second kappa shape index (κ2) is 12.9. The predicted molar refractivity (Wildman–Crippen MR) is 144 cm³/mol. The van der Waals surface area contributed by atoms with Crippen molar-refractivity contribution in [2.45, 2.75) is 57.5 Å². The molecule has 200 valence electrons. The van der Waals surface area contributed by atoms with Gasteiger partial charge in [0.25, 0.3) is 0 Å². The molecular weight excluding hydrogens is 584 g/mol. The SMILES string of the molecule is CC.CCOC(=O)Cn1ncc2c1CCCC2N(C)S(=O)(=O)c1cnc(Oc2ccccc2Cl)c(Br)c1. The lowest BCUT2D eigenvalue weighted by Crippen LogP contribution is -2.33. The molecule has 0 spiro atoms. The van der Waals surface area contributed by atoms with E-state index in [1.807, 2.05) is 13.8 Å². The Morgan fingerprint density at radius 2 is 2.00 bits per heavy atom. The minimum Gasteiger partial charge on any atom is -0.465 e. The van der Waals surface area contributed by atoms with Crippen LogP contribution in [-0.4, -0.2) is 47.1 Å². The number of esters is 1. The molecule has 0 saturated heterocycles. The third kappa shape index (κ3) is 6.51. The highest BCUT2D eigenvalue weighted by Crippen LogP contribution is 2.38. The maximum atomic E-state index is 13.5. The number of carbonyl (C=O) groups is 1. The number of ether oxygens (including phenoxy) is 2. The van der Waals surface area contributed by atoms with Crippen LogP contribution in [0, 0.1) is 0 Å². The number of carbonyl (C=O) groups excluding carboxylic acids is 1. The van der Waals surface area contributed by atoms with E-state index in [4.69, 9.17) is 21.1 Å². The Morgan fingerprint density at radius 3 is 2.68 bits per heavy atom. The summed E-state index contributed by atoms with van der Waals surface area (Å²) >= 11 is 9.50. The van der Waals surface area contributed by atoms with Crippen LogP contribution < -0.4 is 4.74 Å². The number of hydrogen-bond donors (Lipinski definition) is 0. The van der Waals surface area contributed by atoms with Gasteiger partial charge in [-0.25, -0.2) is 13.4 Å². The maximum Gasteiger partial charge on any atom is 0.327 e. The first kappa shape index (κ1) is 29.1. The molecule has 1 aliphatic carbocycles. The second-order valence-electron chi connectivity index (χ2n) is 7.93. The van der Waals surface area contributed by atoms with E-state index in [-0.39, 0.29) is 29.9 Å². The summed E-state index contributed by atoms with van der Waals surface area (Å²) in [5.74, 6) is 0.223. The van der Waals surface area contributed by atoms with E-state index in [2.05, 4.69) is 26.0 Å². The predicted octanol–water partition coefficient (Wildman–Crippen LogP) is 5.77. The number of fused-ring (bicyclic) bond motifs is 1. The van der Waals surface area contributed by atoms with Crippen LogP contribution in [0.3, 0.4) is 0 Å². The Labute approximate surface area is 230 Å². The van der Waals surface area contributed by atoms with Crippen LogP contribution in [0.15, 0.2) is 52.1 Å². The van der Waals surface area contributed by atoms with Crippen LogP contribution in [0.2, 0.25) is 5.02 Å². The second-order valence-corrected chi connectivity index (χ2v) is 11.2. The van der Waals surface area contributed by atoms with Crippen LogP contribution in [0.25, 0.3) is 0 Å². The summed E-state index contributed by atoms with van der Waals surface area (Å²) in [6, 6.07) is 7.97. The van der Waals surface area contributed by atoms with Gasteiger partial charge in [0.1, 0.15) is 17.2 Å². The Hall–Kier alpha value is -2.47. The van der Waals surface area contributed by atoms with Gasteiger partial charge in [0.15, 0.2) is 0 Å². The first-order chi connectivity index (χ1) is 17.7. The average Bonchev–Trinajstić information content (AvgIpc) is 3.30. The molecule has 0 N–H and O–H groups in total. The molecule has 1 aromatic carbocycles. The number of nitrogens with zero attached hydrogens (tertiary/aromatic N) is 4. The normalized spacial score (nSPS) is 14.9. The number of benzene rings is 1. The molecule has 12 heteroatoms. The van der Waals surface area contributed by atoms with Crippen LogP contribution in [0.4, 0.5) is 0 Å². The number of rotatable bonds is 8. The molecule has 0 bridgehead atoms. The summed E-state index contributed by atoms with van der Waals surface area (Å²) in [7, 11) is -2.35. The zero-order chi connectivity index (χ0) is 27.2. The molecule has 0 amide bonds. The molecule has 1 atom stereocenters. The third-order valence-electron chi connectivity index (χ3n) is 5.76. The van der Waals surface area contributed by atoms with E-state index in [0.29, 0.717) is 28.1 Å². The van der Waals surface area contributed by atoms with Gasteiger partial charge in [-0.05, 0) is 60.3 Å². The van der Waals surface area contributed by atoms with E-state index in [1.54, 1.807) is 49.1 Å². The van der Waals surface area contributed by atoms with Gasteiger partial charge in [-0.1, -0.05) is 37.6 Å². The number of sulfonamides is 1. The van der Waals surface area contributed by atoms with Gasteiger partial charge in [0, 0.05) is 18.3 Å². The lowest BCUT2D eigenvalue weighted by atomic mass is 9.93. The maximum absolute atomic E-state index is 13.5. The van der Waals surface area contributed by atoms with Crippen molar-refractivity contribution in [3.05, 3.63) is 63.5 Å². The number of aromatic nitrogens is 3. The van der Waals surface area contributed by atoms with E-state index in [1.165, 1.54) is 16.6 Å². The van der Waals surface area contributed by atoms with Gasteiger partial charge < -0.3 is 9.47 Å². The lowest BCUT2D eigenvalue weighted by molar-refractivity contribution is -0.144. The third-order valence-corrected chi connectivity index (χ3v) is 8.47. The molecule has 0 saturated carbocycles. The highest BCUT2D eigenvalue weighted by Gasteiger charge is 2.35.